The molecular formula is C17H27NO. The number of ether oxygens (including phenoxy) is 1. The van der Waals surface area contributed by atoms with Crippen molar-refractivity contribution in [1.82, 2.24) is 5.32 Å². The van der Waals surface area contributed by atoms with Crippen molar-refractivity contribution in [2.45, 2.75) is 58.1 Å². The fourth-order valence-corrected chi connectivity index (χ4v) is 2.40. The van der Waals surface area contributed by atoms with Gasteiger partial charge in [-0.3, -0.25) is 0 Å². The Morgan fingerprint density at radius 1 is 1.16 bits per heavy atom. The third-order valence-electron chi connectivity index (χ3n) is 4.01. The van der Waals surface area contributed by atoms with Crippen molar-refractivity contribution in [2.75, 3.05) is 13.2 Å². The quantitative estimate of drug-likeness (QED) is 0.800. The van der Waals surface area contributed by atoms with Crippen LogP contribution in [0.1, 0.15) is 63.1 Å². The number of likely N-dealkylation sites (N-methyl/N-ethyl adjacent to an activating group) is 1. The molecule has 0 bridgehead atoms. The van der Waals surface area contributed by atoms with E-state index in [0.717, 1.165) is 13.2 Å². The average molecular weight is 261 g/mol. The van der Waals surface area contributed by atoms with Crippen LogP contribution in [0.5, 0.6) is 0 Å². The first-order chi connectivity index (χ1) is 9.20. The molecule has 2 heteroatoms. The van der Waals surface area contributed by atoms with Crippen molar-refractivity contribution in [3.63, 3.8) is 0 Å². The minimum absolute atomic E-state index is 0.326. The molecule has 0 amide bonds. The van der Waals surface area contributed by atoms with E-state index in [1.807, 2.05) is 0 Å². The third-order valence-corrected chi connectivity index (χ3v) is 4.01. The topological polar surface area (TPSA) is 21.3 Å². The lowest BCUT2D eigenvalue weighted by atomic mass is 9.96. The third kappa shape index (κ3) is 4.05. The monoisotopic (exact) mass is 261 g/mol. The van der Waals surface area contributed by atoms with E-state index in [9.17, 15) is 0 Å². The zero-order valence-electron chi connectivity index (χ0n) is 12.5. The number of hydrogen-bond acceptors (Lipinski definition) is 2. The molecule has 0 aliphatic heterocycles. The van der Waals surface area contributed by atoms with Gasteiger partial charge in [-0.2, -0.15) is 0 Å². The van der Waals surface area contributed by atoms with Gasteiger partial charge in [0, 0.05) is 0 Å². The normalized spacial score (nSPS) is 17.5. The summed E-state index contributed by atoms with van der Waals surface area (Å²) < 4.78 is 5.96. The first-order valence-electron chi connectivity index (χ1n) is 7.65. The van der Waals surface area contributed by atoms with Crippen LogP contribution in [0.2, 0.25) is 0 Å². The molecule has 106 valence electrons. The minimum atomic E-state index is 0.326. The van der Waals surface area contributed by atoms with Crippen molar-refractivity contribution in [3.8, 4) is 0 Å². The SMILES string of the molecule is CCNC(COC1CCC1)c1ccc(C(C)C)cc1. The summed E-state index contributed by atoms with van der Waals surface area (Å²) >= 11 is 0. The van der Waals surface area contributed by atoms with Crippen molar-refractivity contribution in [1.29, 1.82) is 0 Å². The maximum Gasteiger partial charge on any atom is 0.0665 e. The maximum absolute atomic E-state index is 5.96. The van der Waals surface area contributed by atoms with E-state index in [1.54, 1.807) is 0 Å². The van der Waals surface area contributed by atoms with Gasteiger partial charge in [-0.05, 0) is 42.9 Å². The molecule has 1 unspecified atom stereocenters. The fourth-order valence-electron chi connectivity index (χ4n) is 2.40. The summed E-state index contributed by atoms with van der Waals surface area (Å²) in [7, 11) is 0. The second-order valence-corrected chi connectivity index (χ2v) is 5.82. The predicted molar refractivity (Wildman–Crippen MR) is 80.5 cm³/mol. The van der Waals surface area contributed by atoms with Crippen LogP contribution in [-0.2, 0) is 4.74 Å². The Labute approximate surface area is 117 Å². The lowest BCUT2D eigenvalue weighted by Gasteiger charge is -2.28. The van der Waals surface area contributed by atoms with Gasteiger partial charge in [0.2, 0.25) is 0 Å². The number of rotatable bonds is 7. The standard InChI is InChI=1S/C17H27NO/c1-4-18-17(12-19-16-6-5-7-16)15-10-8-14(9-11-15)13(2)3/h8-11,13,16-18H,4-7,12H2,1-3H3. The Hall–Kier alpha value is -0.860. The average Bonchev–Trinajstić information content (AvgIpc) is 2.36. The summed E-state index contributed by atoms with van der Waals surface area (Å²) in [5, 5.41) is 3.53. The Morgan fingerprint density at radius 2 is 1.79 bits per heavy atom. The van der Waals surface area contributed by atoms with E-state index < -0.39 is 0 Å². The van der Waals surface area contributed by atoms with Gasteiger partial charge < -0.3 is 10.1 Å². The Bertz CT molecular complexity index is 367. The van der Waals surface area contributed by atoms with E-state index >= 15 is 0 Å². The van der Waals surface area contributed by atoms with Crippen LogP contribution in [0, 0.1) is 0 Å². The van der Waals surface area contributed by atoms with Crippen LogP contribution in [0.4, 0.5) is 0 Å². The van der Waals surface area contributed by atoms with Crippen LogP contribution in [0.15, 0.2) is 24.3 Å². The van der Waals surface area contributed by atoms with Crippen LogP contribution in [-0.4, -0.2) is 19.3 Å². The van der Waals surface area contributed by atoms with Gasteiger partial charge in [-0.15, -0.1) is 0 Å². The van der Waals surface area contributed by atoms with E-state index in [1.165, 1.54) is 30.4 Å². The zero-order chi connectivity index (χ0) is 13.7. The number of benzene rings is 1. The molecule has 1 aromatic rings. The first kappa shape index (κ1) is 14.5. The molecule has 1 N–H and O–H groups in total. The summed E-state index contributed by atoms with van der Waals surface area (Å²) in [5.41, 5.74) is 2.74. The highest BCUT2D eigenvalue weighted by Gasteiger charge is 2.20. The number of hydrogen-bond donors (Lipinski definition) is 1. The van der Waals surface area contributed by atoms with Crippen molar-refractivity contribution >= 4 is 0 Å². The van der Waals surface area contributed by atoms with Gasteiger partial charge >= 0.3 is 0 Å². The molecule has 1 fully saturated rings. The summed E-state index contributed by atoms with van der Waals surface area (Å²) in [6.45, 7) is 8.38. The summed E-state index contributed by atoms with van der Waals surface area (Å²) in [4.78, 5) is 0. The minimum Gasteiger partial charge on any atom is -0.376 e. The molecule has 2 rings (SSSR count). The molecule has 19 heavy (non-hydrogen) atoms. The molecule has 1 aliphatic rings. The molecule has 0 radical (unpaired) electrons. The largest absolute Gasteiger partial charge is 0.376 e. The molecule has 0 heterocycles. The highest BCUT2D eigenvalue weighted by molar-refractivity contribution is 5.27. The molecule has 2 nitrogen and oxygen atoms in total. The Kier molecular flexibility index (Phi) is 5.41. The summed E-state index contributed by atoms with van der Waals surface area (Å²) in [5.74, 6) is 0.595. The van der Waals surface area contributed by atoms with Crippen LogP contribution >= 0.6 is 0 Å². The van der Waals surface area contributed by atoms with Crippen LogP contribution in [0.25, 0.3) is 0 Å². The maximum atomic E-state index is 5.96. The van der Waals surface area contributed by atoms with E-state index in [0.29, 0.717) is 18.1 Å². The number of nitrogens with one attached hydrogen (secondary N) is 1. The van der Waals surface area contributed by atoms with Crippen molar-refractivity contribution in [2.24, 2.45) is 0 Å². The van der Waals surface area contributed by atoms with Gasteiger partial charge in [0.25, 0.3) is 0 Å². The lowest BCUT2D eigenvalue weighted by molar-refractivity contribution is -0.00860. The molecule has 1 atom stereocenters. The fraction of sp³-hybridized carbons (Fsp3) is 0.647. The zero-order valence-corrected chi connectivity index (χ0v) is 12.5. The van der Waals surface area contributed by atoms with Crippen LogP contribution in [0.3, 0.4) is 0 Å². The first-order valence-corrected chi connectivity index (χ1v) is 7.65. The summed E-state index contributed by atoms with van der Waals surface area (Å²) in [6, 6.07) is 9.30. The van der Waals surface area contributed by atoms with Crippen molar-refractivity contribution < 1.29 is 4.74 Å². The van der Waals surface area contributed by atoms with Gasteiger partial charge in [0.15, 0.2) is 0 Å². The van der Waals surface area contributed by atoms with Gasteiger partial charge in [-0.1, -0.05) is 45.0 Å². The van der Waals surface area contributed by atoms with Crippen LogP contribution < -0.4 is 5.32 Å². The molecular weight excluding hydrogens is 234 g/mol. The second kappa shape index (κ2) is 7.06. The molecule has 1 saturated carbocycles. The van der Waals surface area contributed by atoms with E-state index in [2.05, 4.69) is 50.4 Å². The predicted octanol–water partition coefficient (Wildman–Crippen LogP) is 4.03. The van der Waals surface area contributed by atoms with Gasteiger partial charge in [-0.25, -0.2) is 0 Å². The van der Waals surface area contributed by atoms with Gasteiger partial charge in [0.05, 0.1) is 18.8 Å². The molecule has 0 saturated heterocycles. The molecule has 0 spiro atoms. The Morgan fingerprint density at radius 3 is 2.26 bits per heavy atom. The Balaban J connectivity index is 1.95. The van der Waals surface area contributed by atoms with Gasteiger partial charge in [0.1, 0.15) is 0 Å². The van der Waals surface area contributed by atoms with E-state index in [-0.39, 0.29) is 0 Å². The molecule has 1 aliphatic carbocycles. The second-order valence-electron chi connectivity index (χ2n) is 5.82. The highest BCUT2D eigenvalue weighted by Crippen LogP contribution is 2.24. The smallest absolute Gasteiger partial charge is 0.0665 e. The molecule has 0 aromatic heterocycles. The van der Waals surface area contributed by atoms with E-state index in [4.69, 9.17) is 4.74 Å². The molecule has 1 aromatic carbocycles. The van der Waals surface area contributed by atoms with Crippen molar-refractivity contribution in [3.05, 3.63) is 35.4 Å². The lowest BCUT2D eigenvalue weighted by Crippen LogP contribution is -2.30. The highest BCUT2D eigenvalue weighted by atomic mass is 16.5. The summed E-state index contributed by atoms with van der Waals surface area (Å²) in [6.07, 6.45) is 4.33.